The minimum atomic E-state index is 0.449. The van der Waals surface area contributed by atoms with Crippen molar-refractivity contribution in [1.82, 2.24) is 0 Å². The molecule has 0 aliphatic carbocycles. The van der Waals surface area contributed by atoms with Crippen molar-refractivity contribution >= 4 is 16.7 Å². The molecule has 1 heterocycles. The predicted octanol–water partition coefficient (Wildman–Crippen LogP) is 4.17. The fourth-order valence-electron chi connectivity index (χ4n) is 1.62. The highest BCUT2D eigenvalue weighted by atomic mass is 16.3. The van der Waals surface area contributed by atoms with Crippen LogP contribution in [0.2, 0.25) is 0 Å². The first kappa shape index (κ1) is 9.90. The number of hydrogen-bond acceptors (Lipinski definition) is 3. The number of unbranched alkanes of at least 4 members (excludes halogenated alkanes) is 1. The van der Waals surface area contributed by atoms with E-state index in [-0.39, 0.29) is 0 Å². The van der Waals surface area contributed by atoms with Gasteiger partial charge in [0.05, 0.1) is 0 Å². The third kappa shape index (κ3) is 2.06. The lowest BCUT2D eigenvalue weighted by molar-refractivity contribution is 0.536. The highest BCUT2D eigenvalue weighted by molar-refractivity contribution is 5.81. The van der Waals surface area contributed by atoms with Gasteiger partial charge in [-0.1, -0.05) is 13.3 Å². The molecular formula is C12H13NO2. The molecule has 0 amide bonds. The largest absolute Gasteiger partial charge is 0.461 e. The van der Waals surface area contributed by atoms with Gasteiger partial charge in [-0.2, -0.15) is 0 Å². The van der Waals surface area contributed by atoms with Crippen LogP contribution >= 0.6 is 0 Å². The number of fused-ring (bicyclic) bond motifs is 1. The Balaban J connectivity index is 2.33. The summed E-state index contributed by atoms with van der Waals surface area (Å²) in [5, 5.41) is 3.86. The minimum absolute atomic E-state index is 0.449. The monoisotopic (exact) mass is 203 g/mol. The van der Waals surface area contributed by atoms with E-state index >= 15 is 0 Å². The summed E-state index contributed by atoms with van der Waals surface area (Å²) in [6, 6.07) is 7.20. The maximum Gasteiger partial charge on any atom is 0.134 e. The molecule has 0 saturated carbocycles. The number of furan rings is 1. The first-order chi connectivity index (χ1) is 7.33. The Bertz CT molecular complexity index is 473. The second-order valence-electron chi connectivity index (χ2n) is 3.63. The van der Waals surface area contributed by atoms with Gasteiger partial charge in [-0.3, -0.25) is 0 Å². The van der Waals surface area contributed by atoms with Crippen molar-refractivity contribution in [3.05, 3.63) is 34.9 Å². The average molecular weight is 203 g/mol. The maximum atomic E-state index is 10.3. The molecular weight excluding hydrogens is 190 g/mol. The Morgan fingerprint density at radius 2 is 2.20 bits per heavy atom. The Morgan fingerprint density at radius 1 is 1.33 bits per heavy atom. The number of hydrogen-bond donors (Lipinski definition) is 0. The fraction of sp³-hybridized carbons (Fsp3) is 0.333. The van der Waals surface area contributed by atoms with Crippen molar-refractivity contribution in [2.24, 2.45) is 5.18 Å². The molecule has 0 spiro atoms. The van der Waals surface area contributed by atoms with Crippen LogP contribution in [0.5, 0.6) is 0 Å². The van der Waals surface area contributed by atoms with Crippen LogP contribution in [0.1, 0.15) is 25.5 Å². The number of nitroso groups, excluding NO2 is 1. The van der Waals surface area contributed by atoms with Crippen LogP contribution in [-0.4, -0.2) is 0 Å². The Morgan fingerprint density at radius 3 is 2.93 bits per heavy atom. The molecule has 0 fully saturated rings. The number of rotatable bonds is 4. The first-order valence-electron chi connectivity index (χ1n) is 5.19. The molecule has 0 N–H and O–H groups in total. The van der Waals surface area contributed by atoms with Crippen molar-refractivity contribution in [3.63, 3.8) is 0 Å². The van der Waals surface area contributed by atoms with E-state index in [9.17, 15) is 4.91 Å². The molecule has 3 nitrogen and oxygen atoms in total. The topological polar surface area (TPSA) is 42.6 Å². The van der Waals surface area contributed by atoms with E-state index in [1.165, 1.54) is 0 Å². The van der Waals surface area contributed by atoms with Crippen LogP contribution in [0.3, 0.4) is 0 Å². The summed E-state index contributed by atoms with van der Waals surface area (Å²) in [6.45, 7) is 2.15. The van der Waals surface area contributed by atoms with Gasteiger partial charge in [-0.25, -0.2) is 0 Å². The lowest BCUT2D eigenvalue weighted by Crippen LogP contribution is -1.78. The fourth-order valence-corrected chi connectivity index (χ4v) is 1.62. The van der Waals surface area contributed by atoms with Gasteiger partial charge in [0, 0.05) is 11.8 Å². The lowest BCUT2D eigenvalue weighted by atomic mass is 10.2. The highest BCUT2D eigenvalue weighted by Crippen LogP contribution is 2.25. The standard InChI is InChI=1S/C12H13NO2/c1-2-3-4-11-8-9-7-10(13-14)5-6-12(9)15-11/h5-8H,2-4H2,1H3. The van der Waals surface area contributed by atoms with Gasteiger partial charge < -0.3 is 4.42 Å². The van der Waals surface area contributed by atoms with E-state index in [1.807, 2.05) is 6.07 Å². The molecule has 0 aliphatic heterocycles. The summed E-state index contributed by atoms with van der Waals surface area (Å²) in [6.07, 6.45) is 3.23. The van der Waals surface area contributed by atoms with E-state index in [2.05, 4.69) is 12.1 Å². The third-order valence-corrected chi connectivity index (χ3v) is 2.43. The molecule has 2 rings (SSSR count). The van der Waals surface area contributed by atoms with E-state index < -0.39 is 0 Å². The predicted molar refractivity (Wildman–Crippen MR) is 60.3 cm³/mol. The highest BCUT2D eigenvalue weighted by Gasteiger charge is 2.04. The van der Waals surface area contributed by atoms with Gasteiger partial charge in [0.1, 0.15) is 17.0 Å². The number of nitrogens with zero attached hydrogens (tertiary/aromatic N) is 1. The molecule has 0 unspecified atom stereocenters. The summed E-state index contributed by atoms with van der Waals surface area (Å²) < 4.78 is 5.63. The normalized spacial score (nSPS) is 10.7. The molecule has 15 heavy (non-hydrogen) atoms. The van der Waals surface area contributed by atoms with Gasteiger partial charge >= 0.3 is 0 Å². The zero-order chi connectivity index (χ0) is 10.7. The van der Waals surface area contributed by atoms with Crippen LogP contribution in [0, 0.1) is 4.91 Å². The smallest absolute Gasteiger partial charge is 0.134 e. The van der Waals surface area contributed by atoms with Gasteiger partial charge in [-0.15, -0.1) is 4.91 Å². The van der Waals surface area contributed by atoms with E-state index in [1.54, 1.807) is 18.2 Å². The Kier molecular flexibility index (Phi) is 2.81. The van der Waals surface area contributed by atoms with E-state index in [0.717, 1.165) is 36.0 Å². The van der Waals surface area contributed by atoms with Crippen LogP contribution in [0.15, 0.2) is 33.9 Å². The molecule has 0 bridgehead atoms. The van der Waals surface area contributed by atoms with Crippen LogP contribution in [0.25, 0.3) is 11.0 Å². The van der Waals surface area contributed by atoms with Crippen LogP contribution in [-0.2, 0) is 6.42 Å². The van der Waals surface area contributed by atoms with Gasteiger partial charge in [-0.05, 0) is 35.9 Å². The zero-order valence-electron chi connectivity index (χ0n) is 8.69. The molecule has 2 aromatic rings. The van der Waals surface area contributed by atoms with Gasteiger partial charge in [0.15, 0.2) is 0 Å². The summed E-state index contributed by atoms with van der Waals surface area (Å²) in [7, 11) is 0. The minimum Gasteiger partial charge on any atom is -0.461 e. The van der Waals surface area contributed by atoms with Gasteiger partial charge in [0.2, 0.25) is 0 Å². The summed E-state index contributed by atoms with van der Waals surface area (Å²) in [5.41, 5.74) is 1.28. The molecule has 3 heteroatoms. The molecule has 1 aromatic carbocycles. The summed E-state index contributed by atoms with van der Waals surface area (Å²) in [4.78, 5) is 10.3. The van der Waals surface area contributed by atoms with Crippen molar-refractivity contribution in [2.45, 2.75) is 26.2 Å². The second-order valence-corrected chi connectivity index (χ2v) is 3.63. The van der Waals surface area contributed by atoms with Crippen molar-refractivity contribution < 1.29 is 4.42 Å². The summed E-state index contributed by atoms with van der Waals surface area (Å²) in [5.74, 6) is 0.981. The van der Waals surface area contributed by atoms with Crippen LogP contribution in [0.4, 0.5) is 5.69 Å². The zero-order valence-corrected chi connectivity index (χ0v) is 8.69. The van der Waals surface area contributed by atoms with Crippen molar-refractivity contribution in [1.29, 1.82) is 0 Å². The molecule has 78 valence electrons. The van der Waals surface area contributed by atoms with Gasteiger partial charge in [0.25, 0.3) is 0 Å². The number of benzene rings is 1. The number of aryl methyl sites for hydroxylation is 1. The maximum absolute atomic E-state index is 10.3. The quantitative estimate of drug-likeness (QED) is 0.699. The molecule has 1 aromatic heterocycles. The first-order valence-corrected chi connectivity index (χ1v) is 5.19. The van der Waals surface area contributed by atoms with E-state index in [0.29, 0.717) is 5.69 Å². The Hall–Kier alpha value is -1.64. The molecule has 0 saturated heterocycles. The Labute approximate surface area is 88.1 Å². The van der Waals surface area contributed by atoms with Crippen molar-refractivity contribution in [3.8, 4) is 0 Å². The SMILES string of the molecule is CCCCc1cc2cc(N=O)ccc2o1. The third-order valence-electron chi connectivity index (χ3n) is 2.43. The molecule has 0 aliphatic rings. The van der Waals surface area contributed by atoms with Crippen molar-refractivity contribution in [2.75, 3.05) is 0 Å². The summed E-state index contributed by atoms with van der Waals surface area (Å²) >= 11 is 0. The molecule has 0 radical (unpaired) electrons. The second kappa shape index (κ2) is 4.26. The lowest BCUT2D eigenvalue weighted by Gasteiger charge is -1.91. The van der Waals surface area contributed by atoms with Crippen LogP contribution < -0.4 is 0 Å². The molecule has 0 atom stereocenters. The van der Waals surface area contributed by atoms with E-state index in [4.69, 9.17) is 4.42 Å². The average Bonchev–Trinajstić information content (AvgIpc) is 2.67.